The number of rotatable bonds is 6. The first-order valence-electron chi connectivity index (χ1n) is 6.97. The molecule has 0 saturated carbocycles. The average Bonchev–Trinajstić information content (AvgIpc) is 2.52. The van der Waals surface area contributed by atoms with E-state index >= 15 is 0 Å². The van der Waals surface area contributed by atoms with Gasteiger partial charge in [0, 0.05) is 0 Å². The number of para-hydroxylation sites is 2. The summed E-state index contributed by atoms with van der Waals surface area (Å²) in [6.45, 7) is -0.486. The normalized spacial score (nSPS) is 11.0. The molecule has 0 radical (unpaired) electrons. The van der Waals surface area contributed by atoms with Gasteiger partial charge in [-0.05, 0) is 30.3 Å². The van der Waals surface area contributed by atoms with E-state index in [1.54, 1.807) is 24.3 Å². The monoisotopic (exact) mass is 352 g/mol. The van der Waals surface area contributed by atoms with E-state index in [0.29, 0.717) is 11.4 Å². The van der Waals surface area contributed by atoms with E-state index < -0.39 is 28.3 Å². The maximum atomic E-state index is 13.4. The number of ether oxygens (including phenoxy) is 1. The van der Waals surface area contributed by atoms with Crippen molar-refractivity contribution in [3.63, 3.8) is 0 Å². The van der Waals surface area contributed by atoms with Gasteiger partial charge < -0.3 is 10.1 Å². The summed E-state index contributed by atoms with van der Waals surface area (Å²) in [7, 11) is -2.30. The lowest BCUT2D eigenvalue weighted by atomic mass is 10.3. The fraction of sp³-hybridized carbons (Fsp3) is 0.188. The number of carbonyl (C=O) groups is 1. The molecule has 0 heterocycles. The molecule has 0 aromatic heterocycles. The molecule has 0 aliphatic carbocycles. The second-order valence-electron chi connectivity index (χ2n) is 5.00. The molecule has 0 spiro atoms. The molecule has 128 valence electrons. The molecule has 24 heavy (non-hydrogen) atoms. The number of carbonyl (C=O) groups excluding carboxylic acids is 1. The van der Waals surface area contributed by atoms with Gasteiger partial charge in [0.1, 0.15) is 18.1 Å². The van der Waals surface area contributed by atoms with E-state index in [1.807, 2.05) is 0 Å². The van der Waals surface area contributed by atoms with Gasteiger partial charge in [-0.25, -0.2) is 12.8 Å². The van der Waals surface area contributed by atoms with E-state index in [9.17, 15) is 17.6 Å². The van der Waals surface area contributed by atoms with Crippen LogP contribution in [0.3, 0.4) is 0 Å². The molecule has 6 nitrogen and oxygen atoms in total. The molecule has 0 fully saturated rings. The molecule has 2 rings (SSSR count). The Bertz CT molecular complexity index is 839. The Balaban J connectivity index is 2.23. The largest absolute Gasteiger partial charge is 0.495 e. The quantitative estimate of drug-likeness (QED) is 0.865. The molecule has 1 amide bonds. The number of nitrogens with zero attached hydrogens (tertiary/aromatic N) is 1. The molecule has 0 atom stereocenters. The smallest absolute Gasteiger partial charge is 0.245 e. The second-order valence-corrected chi connectivity index (χ2v) is 6.90. The highest BCUT2D eigenvalue weighted by Crippen LogP contribution is 2.23. The van der Waals surface area contributed by atoms with Crippen molar-refractivity contribution in [3.8, 4) is 5.75 Å². The molecule has 0 unspecified atom stereocenters. The molecule has 8 heteroatoms. The van der Waals surface area contributed by atoms with Gasteiger partial charge in [-0.1, -0.05) is 18.2 Å². The van der Waals surface area contributed by atoms with Gasteiger partial charge in [-0.2, -0.15) is 0 Å². The van der Waals surface area contributed by atoms with E-state index in [0.717, 1.165) is 16.6 Å². The third-order valence-electron chi connectivity index (χ3n) is 3.16. The highest BCUT2D eigenvalue weighted by atomic mass is 32.2. The van der Waals surface area contributed by atoms with Gasteiger partial charge >= 0.3 is 0 Å². The van der Waals surface area contributed by atoms with Gasteiger partial charge in [0.05, 0.1) is 24.7 Å². The maximum Gasteiger partial charge on any atom is 0.245 e. The number of methoxy groups -OCH3 is 1. The van der Waals surface area contributed by atoms with E-state index in [1.165, 1.54) is 25.3 Å². The third kappa shape index (κ3) is 4.45. The molecule has 2 aromatic carbocycles. The van der Waals surface area contributed by atoms with Gasteiger partial charge in [-0.3, -0.25) is 9.10 Å². The Morgan fingerprint density at radius 1 is 1.21 bits per heavy atom. The Hall–Kier alpha value is -2.61. The maximum absolute atomic E-state index is 13.4. The Morgan fingerprint density at radius 2 is 1.92 bits per heavy atom. The van der Waals surface area contributed by atoms with Crippen LogP contribution in [0.25, 0.3) is 0 Å². The first-order chi connectivity index (χ1) is 11.3. The standard InChI is InChI=1S/C16H17FN2O4S/c1-23-15-9-4-3-8-14(15)18-16(20)11-19(24(2,21)22)13-7-5-6-12(17)10-13/h3-10H,11H2,1-2H3,(H,18,20). The minimum atomic E-state index is -3.76. The summed E-state index contributed by atoms with van der Waals surface area (Å²) in [4.78, 5) is 12.2. The number of amides is 1. The van der Waals surface area contributed by atoms with Crippen LogP contribution < -0.4 is 14.4 Å². The Labute approximate surface area is 139 Å². The zero-order chi connectivity index (χ0) is 17.7. The first-order valence-corrected chi connectivity index (χ1v) is 8.82. The van der Waals surface area contributed by atoms with Crippen LogP contribution in [0.4, 0.5) is 15.8 Å². The van der Waals surface area contributed by atoms with Crippen molar-refractivity contribution in [2.24, 2.45) is 0 Å². The lowest BCUT2D eigenvalue weighted by molar-refractivity contribution is -0.114. The number of halogens is 1. The summed E-state index contributed by atoms with van der Waals surface area (Å²) in [6.07, 6.45) is 0.953. The van der Waals surface area contributed by atoms with Crippen molar-refractivity contribution in [2.45, 2.75) is 0 Å². The van der Waals surface area contributed by atoms with Crippen LogP contribution in [0, 0.1) is 5.82 Å². The lowest BCUT2D eigenvalue weighted by Crippen LogP contribution is -2.37. The number of anilines is 2. The number of hydrogen-bond donors (Lipinski definition) is 1. The van der Waals surface area contributed by atoms with Crippen LogP contribution in [0.2, 0.25) is 0 Å². The topological polar surface area (TPSA) is 75.7 Å². The Kier molecular flexibility index (Phi) is 5.40. The lowest BCUT2D eigenvalue weighted by Gasteiger charge is -2.22. The van der Waals surface area contributed by atoms with Crippen molar-refractivity contribution in [1.82, 2.24) is 0 Å². The Morgan fingerprint density at radius 3 is 2.54 bits per heavy atom. The first kappa shape index (κ1) is 17.7. The number of sulfonamides is 1. The van der Waals surface area contributed by atoms with Gasteiger partial charge in [0.15, 0.2) is 0 Å². The minimum absolute atomic E-state index is 0.0766. The molecule has 0 saturated heterocycles. The van der Waals surface area contributed by atoms with Crippen molar-refractivity contribution >= 4 is 27.3 Å². The highest BCUT2D eigenvalue weighted by Gasteiger charge is 2.21. The predicted molar refractivity (Wildman–Crippen MR) is 90.2 cm³/mol. The molecule has 0 aliphatic rings. The summed E-state index contributed by atoms with van der Waals surface area (Å²) < 4.78 is 43.2. The van der Waals surface area contributed by atoms with Crippen molar-refractivity contribution in [2.75, 3.05) is 29.5 Å². The van der Waals surface area contributed by atoms with Gasteiger partial charge in [-0.15, -0.1) is 0 Å². The van der Waals surface area contributed by atoms with E-state index in [4.69, 9.17) is 4.74 Å². The van der Waals surface area contributed by atoms with Crippen LogP contribution in [0.1, 0.15) is 0 Å². The molecule has 1 N–H and O–H groups in total. The minimum Gasteiger partial charge on any atom is -0.495 e. The summed E-state index contributed by atoms with van der Waals surface area (Å²) in [5.74, 6) is -0.719. The predicted octanol–water partition coefficient (Wildman–Crippen LogP) is 2.24. The SMILES string of the molecule is COc1ccccc1NC(=O)CN(c1cccc(F)c1)S(C)(=O)=O. The molecule has 0 bridgehead atoms. The fourth-order valence-corrected chi connectivity index (χ4v) is 2.95. The van der Waals surface area contributed by atoms with E-state index in [-0.39, 0.29) is 5.69 Å². The summed E-state index contributed by atoms with van der Waals surface area (Å²) in [5, 5.41) is 2.58. The summed E-state index contributed by atoms with van der Waals surface area (Å²) in [6, 6.07) is 11.8. The third-order valence-corrected chi connectivity index (χ3v) is 4.31. The summed E-state index contributed by atoms with van der Waals surface area (Å²) in [5.41, 5.74) is 0.491. The van der Waals surface area contributed by atoms with Crippen molar-refractivity contribution in [3.05, 3.63) is 54.3 Å². The fourth-order valence-electron chi connectivity index (χ4n) is 2.10. The van der Waals surface area contributed by atoms with Crippen LogP contribution in [-0.4, -0.2) is 34.2 Å². The van der Waals surface area contributed by atoms with Gasteiger partial charge in [0.25, 0.3) is 0 Å². The zero-order valence-electron chi connectivity index (χ0n) is 13.2. The van der Waals surface area contributed by atoms with Gasteiger partial charge in [0.2, 0.25) is 15.9 Å². The molecular weight excluding hydrogens is 335 g/mol. The number of nitrogens with one attached hydrogen (secondary N) is 1. The average molecular weight is 352 g/mol. The summed E-state index contributed by atoms with van der Waals surface area (Å²) >= 11 is 0. The van der Waals surface area contributed by atoms with E-state index in [2.05, 4.69) is 5.32 Å². The molecular formula is C16H17FN2O4S. The van der Waals surface area contributed by atoms with Crippen LogP contribution in [0.5, 0.6) is 5.75 Å². The van der Waals surface area contributed by atoms with Crippen LogP contribution in [0.15, 0.2) is 48.5 Å². The zero-order valence-corrected chi connectivity index (χ0v) is 14.0. The van der Waals surface area contributed by atoms with Crippen LogP contribution >= 0.6 is 0 Å². The highest BCUT2D eigenvalue weighted by molar-refractivity contribution is 7.92. The second kappa shape index (κ2) is 7.31. The van der Waals surface area contributed by atoms with Crippen molar-refractivity contribution < 1.29 is 22.3 Å². The number of benzene rings is 2. The van der Waals surface area contributed by atoms with Crippen LogP contribution in [-0.2, 0) is 14.8 Å². The molecule has 2 aromatic rings. The molecule has 0 aliphatic heterocycles. The number of hydrogen-bond acceptors (Lipinski definition) is 4. The van der Waals surface area contributed by atoms with Crippen molar-refractivity contribution in [1.29, 1.82) is 0 Å².